The lowest BCUT2D eigenvalue weighted by atomic mass is 10.0. The fraction of sp³-hybridized carbons (Fsp3) is 0.0800. The average Bonchev–Trinajstić information content (AvgIpc) is 3.28. The van der Waals surface area contributed by atoms with Crippen molar-refractivity contribution in [2.24, 2.45) is 0 Å². The smallest absolute Gasteiger partial charge is 0.263 e. The lowest BCUT2D eigenvalue weighted by Gasteiger charge is -2.16. The van der Waals surface area contributed by atoms with Crippen LogP contribution in [0.25, 0.3) is 22.6 Å². The minimum absolute atomic E-state index is 0.00777. The summed E-state index contributed by atoms with van der Waals surface area (Å²) in [5, 5.41) is 1.15. The van der Waals surface area contributed by atoms with E-state index < -0.39 is 0 Å². The van der Waals surface area contributed by atoms with Crippen molar-refractivity contribution >= 4 is 39.8 Å². The van der Waals surface area contributed by atoms with E-state index in [0.29, 0.717) is 0 Å². The number of H-pyrrole nitrogens is 1. The lowest BCUT2D eigenvalue weighted by molar-refractivity contribution is -0.112. The molecule has 0 saturated carbocycles. The number of nitrogens with zero attached hydrogens (tertiary/aromatic N) is 1. The van der Waals surface area contributed by atoms with Crippen LogP contribution in [0, 0.1) is 0 Å². The molecule has 5 rings (SSSR count). The fourth-order valence-electron chi connectivity index (χ4n) is 4.02. The van der Waals surface area contributed by atoms with E-state index in [1.165, 1.54) is 5.56 Å². The third kappa shape index (κ3) is 2.48. The largest absolute Gasteiger partial charge is 0.360 e. The molecule has 1 N–H and O–H groups in total. The Bertz CT molecular complexity index is 1220. The third-order valence-electron chi connectivity index (χ3n) is 5.40. The molecule has 136 valence electrons. The minimum Gasteiger partial charge on any atom is -0.360 e. The molecule has 0 radical (unpaired) electrons. The van der Waals surface area contributed by atoms with Gasteiger partial charge in [0.05, 0.1) is 11.3 Å². The first kappa shape index (κ1) is 16.6. The Morgan fingerprint density at radius 3 is 2.54 bits per heavy atom. The van der Waals surface area contributed by atoms with E-state index in [0.717, 1.165) is 45.4 Å². The topological polar surface area (TPSA) is 36.1 Å². The number of aryl methyl sites for hydroxylation is 1. The lowest BCUT2D eigenvalue weighted by Crippen LogP contribution is -2.20. The molecule has 0 fully saturated rings. The van der Waals surface area contributed by atoms with Crippen LogP contribution in [-0.2, 0) is 11.2 Å². The molecule has 4 aromatic rings. The molecule has 0 atom stereocenters. The molecular weight excluding hydrogens is 344 g/mol. The normalized spacial score (nSPS) is 14.8. The maximum Gasteiger partial charge on any atom is 0.263 e. The van der Waals surface area contributed by atoms with Crippen LogP contribution in [0.3, 0.4) is 0 Å². The predicted octanol–water partition coefficient (Wildman–Crippen LogP) is 5.95. The van der Waals surface area contributed by atoms with Gasteiger partial charge in [-0.1, -0.05) is 61.5 Å². The van der Waals surface area contributed by atoms with Gasteiger partial charge in [0.25, 0.3) is 5.91 Å². The number of hydrogen-bond acceptors (Lipinski definition) is 1. The number of fused-ring (bicyclic) bond motifs is 2. The first-order valence-corrected chi connectivity index (χ1v) is 9.57. The summed E-state index contributed by atoms with van der Waals surface area (Å²) in [5.74, 6) is 0.00777. The summed E-state index contributed by atoms with van der Waals surface area (Å²) >= 11 is 0. The van der Waals surface area contributed by atoms with Crippen LogP contribution in [-0.4, -0.2) is 10.9 Å². The van der Waals surface area contributed by atoms with Crippen LogP contribution in [0.15, 0.2) is 79.0 Å². The van der Waals surface area contributed by atoms with Crippen LogP contribution in [0.2, 0.25) is 0 Å². The maximum atomic E-state index is 13.4. The molecule has 3 nitrogen and oxygen atoms in total. The summed E-state index contributed by atoms with van der Waals surface area (Å²) in [4.78, 5) is 18.6. The first-order valence-electron chi connectivity index (χ1n) is 9.57. The molecule has 1 aliphatic heterocycles. The van der Waals surface area contributed by atoms with Gasteiger partial charge in [0.1, 0.15) is 0 Å². The highest BCUT2D eigenvalue weighted by atomic mass is 16.2. The van der Waals surface area contributed by atoms with Crippen LogP contribution in [0.1, 0.15) is 23.6 Å². The monoisotopic (exact) mass is 364 g/mol. The van der Waals surface area contributed by atoms with Gasteiger partial charge in [-0.25, -0.2) is 0 Å². The number of para-hydroxylation sites is 3. The Hall–Kier alpha value is -3.59. The van der Waals surface area contributed by atoms with Crippen LogP contribution in [0.4, 0.5) is 11.4 Å². The highest BCUT2D eigenvalue weighted by Gasteiger charge is 2.33. The van der Waals surface area contributed by atoms with Crippen molar-refractivity contribution in [1.29, 1.82) is 0 Å². The molecule has 0 unspecified atom stereocenters. The molecule has 0 aliphatic carbocycles. The Morgan fingerprint density at radius 2 is 1.71 bits per heavy atom. The number of hydrogen-bond donors (Lipinski definition) is 1. The second-order valence-corrected chi connectivity index (χ2v) is 6.99. The van der Waals surface area contributed by atoms with Crippen molar-refractivity contribution < 1.29 is 4.79 Å². The van der Waals surface area contributed by atoms with Gasteiger partial charge < -0.3 is 4.98 Å². The second-order valence-electron chi connectivity index (χ2n) is 6.99. The summed E-state index contributed by atoms with van der Waals surface area (Å²) in [6.45, 7) is 2.15. The number of carbonyl (C=O) groups excluding carboxylic acids is 1. The van der Waals surface area contributed by atoms with E-state index in [9.17, 15) is 4.79 Å². The third-order valence-corrected chi connectivity index (χ3v) is 5.40. The van der Waals surface area contributed by atoms with Crippen molar-refractivity contribution in [3.05, 3.63) is 95.7 Å². The molecule has 0 spiro atoms. The standard InChI is InChI=1S/C25H20N2O/c1-2-17-9-8-13-20-18(16-26-24(17)20)15-22-21-12-6-7-14-23(21)27(25(22)28)19-10-4-3-5-11-19/h3-16,26H,2H2,1H3/b22-15+. The highest BCUT2D eigenvalue weighted by molar-refractivity contribution is 6.38. The van der Waals surface area contributed by atoms with Gasteiger partial charge in [-0.15, -0.1) is 0 Å². The Morgan fingerprint density at radius 1 is 0.929 bits per heavy atom. The van der Waals surface area contributed by atoms with Crippen LogP contribution in [0.5, 0.6) is 0 Å². The molecule has 2 heterocycles. The molecule has 1 aliphatic rings. The molecule has 0 saturated heterocycles. The summed E-state index contributed by atoms with van der Waals surface area (Å²) in [6.07, 6.45) is 4.98. The quantitative estimate of drug-likeness (QED) is 0.448. The molecule has 1 aromatic heterocycles. The number of benzene rings is 3. The van der Waals surface area contributed by atoms with Crippen molar-refractivity contribution in [1.82, 2.24) is 4.98 Å². The zero-order valence-corrected chi connectivity index (χ0v) is 15.6. The number of rotatable bonds is 3. The number of carbonyl (C=O) groups is 1. The molecule has 1 amide bonds. The van der Waals surface area contributed by atoms with E-state index in [1.54, 1.807) is 4.90 Å². The van der Waals surface area contributed by atoms with Crippen molar-refractivity contribution in [3.63, 3.8) is 0 Å². The zero-order valence-electron chi connectivity index (χ0n) is 15.6. The summed E-state index contributed by atoms with van der Waals surface area (Å²) in [7, 11) is 0. The van der Waals surface area contributed by atoms with E-state index in [2.05, 4.69) is 30.1 Å². The van der Waals surface area contributed by atoms with E-state index in [-0.39, 0.29) is 5.91 Å². The Kier molecular flexibility index (Phi) is 3.87. The average molecular weight is 364 g/mol. The molecule has 0 bridgehead atoms. The summed E-state index contributed by atoms with van der Waals surface area (Å²) in [6, 6.07) is 24.1. The van der Waals surface area contributed by atoms with E-state index in [1.807, 2.05) is 66.9 Å². The van der Waals surface area contributed by atoms with Gasteiger partial charge in [-0.2, -0.15) is 0 Å². The van der Waals surface area contributed by atoms with Crippen LogP contribution >= 0.6 is 0 Å². The molecule has 28 heavy (non-hydrogen) atoms. The van der Waals surface area contributed by atoms with Gasteiger partial charge in [0.2, 0.25) is 0 Å². The predicted molar refractivity (Wildman–Crippen MR) is 116 cm³/mol. The van der Waals surface area contributed by atoms with Gasteiger partial charge >= 0.3 is 0 Å². The van der Waals surface area contributed by atoms with Crippen LogP contribution < -0.4 is 4.90 Å². The van der Waals surface area contributed by atoms with E-state index in [4.69, 9.17) is 0 Å². The number of nitrogens with one attached hydrogen (secondary N) is 1. The number of amides is 1. The Labute approximate surface area is 163 Å². The van der Waals surface area contributed by atoms with Crippen molar-refractivity contribution in [2.45, 2.75) is 13.3 Å². The maximum absolute atomic E-state index is 13.4. The zero-order chi connectivity index (χ0) is 19.1. The fourth-order valence-corrected chi connectivity index (χ4v) is 4.02. The second kappa shape index (κ2) is 6.54. The number of aromatic nitrogens is 1. The summed E-state index contributed by atoms with van der Waals surface area (Å²) in [5.41, 5.74) is 6.98. The molecule has 3 heteroatoms. The van der Waals surface area contributed by atoms with Gasteiger partial charge in [0.15, 0.2) is 0 Å². The van der Waals surface area contributed by atoms with Crippen molar-refractivity contribution in [3.8, 4) is 0 Å². The van der Waals surface area contributed by atoms with Crippen molar-refractivity contribution in [2.75, 3.05) is 4.90 Å². The van der Waals surface area contributed by atoms with Gasteiger partial charge in [-0.05, 0) is 36.3 Å². The van der Waals surface area contributed by atoms with E-state index >= 15 is 0 Å². The summed E-state index contributed by atoms with van der Waals surface area (Å²) < 4.78 is 0. The number of anilines is 2. The Balaban J connectivity index is 1.68. The van der Waals surface area contributed by atoms with Gasteiger partial charge in [-0.3, -0.25) is 9.69 Å². The molecule has 3 aromatic carbocycles. The first-order chi connectivity index (χ1) is 13.8. The minimum atomic E-state index is 0.00777. The number of aromatic amines is 1. The molecular formula is C25H20N2O. The highest BCUT2D eigenvalue weighted by Crippen LogP contribution is 2.42. The SMILES string of the molecule is CCc1cccc2c(/C=C3/C(=O)N(c4ccccc4)c4ccccc43)c[nH]c12. The van der Waals surface area contributed by atoms with Gasteiger partial charge in [0, 0.05) is 33.9 Å².